The zero-order valence-electron chi connectivity index (χ0n) is 10.9. The van der Waals surface area contributed by atoms with Crippen molar-refractivity contribution in [3.63, 3.8) is 0 Å². The first-order valence-corrected chi connectivity index (χ1v) is 6.92. The van der Waals surface area contributed by atoms with Gasteiger partial charge in [-0.25, -0.2) is 14.8 Å². The second-order valence-corrected chi connectivity index (χ2v) is 5.06. The average Bonchev–Trinajstić information content (AvgIpc) is 2.48. The summed E-state index contributed by atoms with van der Waals surface area (Å²) in [6, 6.07) is 0. The number of hydrazone groups is 1. The number of phosphoric acid groups is 1. The summed E-state index contributed by atoms with van der Waals surface area (Å²) in [5, 5.41) is 48.3. The zero-order chi connectivity index (χ0) is 17.5. The van der Waals surface area contributed by atoms with Crippen molar-refractivity contribution < 1.29 is 48.9 Å². The van der Waals surface area contributed by atoms with Gasteiger partial charge in [-0.3, -0.25) is 4.89 Å². The molecule has 130 valence electrons. The van der Waals surface area contributed by atoms with Gasteiger partial charge in [0.15, 0.2) is 6.10 Å². The molecule has 0 aliphatic heterocycles. The third-order valence-corrected chi connectivity index (χ3v) is 2.84. The van der Waals surface area contributed by atoms with E-state index < -0.39 is 50.8 Å². The van der Waals surface area contributed by atoms with E-state index in [1.54, 1.807) is 5.48 Å². The van der Waals surface area contributed by atoms with Crippen molar-refractivity contribution in [1.82, 2.24) is 5.48 Å². The molecule has 5 atom stereocenters. The number of nitrogens with two attached hydrogens (primary N) is 2. The Morgan fingerprint density at radius 3 is 2.27 bits per heavy atom. The van der Waals surface area contributed by atoms with Crippen molar-refractivity contribution in [1.29, 1.82) is 0 Å². The highest BCUT2D eigenvalue weighted by Gasteiger charge is 2.39. The van der Waals surface area contributed by atoms with Crippen LogP contribution >= 0.6 is 7.82 Å². The summed E-state index contributed by atoms with van der Waals surface area (Å²) in [7, 11) is -5.11. The lowest BCUT2D eigenvalue weighted by Crippen LogP contribution is -2.49. The first-order chi connectivity index (χ1) is 10.1. The molecule has 0 heterocycles. The van der Waals surface area contributed by atoms with Crippen molar-refractivity contribution >= 4 is 19.8 Å². The Morgan fingerprint density at radius 1 is 1.27 bits per heavy atom. The molecule has 0 aromatic carbocycles. The van der Waals surface area contributed by atoms with E-state index in [1.807, 2.05) is 0 Å². The summed E-state index contributed by atoms with van der Waals surface area (Å²) in [5.41, 5.74) is 6.49. The molecule has 14 nitrogen and oxygen atoms in total. The normalized spacial score (nSPS) is 20.4. The SMILES string of the molecule is NN=C(N)NOP(=O)(O)OC(=O)[C@H](O)[C@@H](O)[C@H](O)[C@H](O)CO. The maximum absolute atomic E-state index is 11.3. The van der Waals surface area contributed by atoms with Gasteiger partial charge in [-0.2, -0.15) is 4.62 Å². The third kappa shape index (κ3) is 6.50. The van der Waals surface area contributed by atoms with Crippen LogP contribution in [-0.4, -0.2) is 73.4 Å². The molecule has 0 saturated carbocycles. The molecule has 0 saturated heterocycles. The van der Waals surface area contributed by atoms with E-state index in [9.17, 15) is 24.7 Å². The summed E-state index contributed by atoms with van der Waals surface area (Å²) >= 11 is 0. The van der Waals surface area contributed by atoms with E-state index in [2.05, 4.69) is 20.1 Å². The minimum absolute atomic E-state index is 0.646. The number of hydrogen-bond donors (Lipinski definition) is 9. The largest absolute Gasteiger partial charge is 0.551 e. The van der Waals surface area contributed by atoms with Gasteiger partial charge in [0.2, 0.25) is 5.96 Å². The lowest BCUT2D eigenvalue weighted by molar-refractivity contribution is -0.163. The highest BCUT2D eigenvalue weighted by Crippen LogP contribution is 2.42. The number of nitrogens with one attached hydrogen (secondary N) is 1. The monoisotopic (exact) mass is 348 g/mol. The van der Waals surface area contributed by atoms with Crippen LogP contribution in [-0.2, 0) is 18.5 Å². The van der Waals surface area contributed by atoms with Gasteiger partial charge in [0.1, 0.15) is 18.3 Å². The Bertz CT molecular complexity index is 447. The molecule has 0 aliphatic carbocycles. The predicted octanol–water partition coefficient (Wildman–Crippen LogP) is -5.22. The molecule has 11 N–H and O–H groups in total. The molecule has 0 rings (SSSR count). The average molecular weight is 348 g/mol. The van der Waals surface area contributed by atoms with Crippen LogP contribution in [0.3, 0.4) is 0 Å². The van der Waals surface area contributed by atoms with Crippen molar-refractivity contribution in [3.8, 4) is 0 Å². The number of carbonyl (C=O) groups is 1. The molecular formula is C7H17N4O10P. The van der Waals surface area contributed by atoms with Crippen molar-refractivity contribution in [2.45, 2.75) is 24.4 Å². The standard InChI is InChI=1S/C7H17N4O10P/c8-7(10-9)11-21-22(18,19)20-6(17)5(16)4(15)3(14)2(13)1-12/h2-5,12-16H,1,9H2,(H,18,19)(H3,8,10,11)/t2-,3-,4+,5-/m1/s1. The third-order valence-electron chi connectivity index (χ3n) is 2.11. The molecule has 15 heteroatoms. The topological polar surface area (TPSA) is 250 Å². The van der Waals surface area contributed by atoms with Crippen molar-refractivity contribution in [2.75, 3.05) is 6.61 Å². The van der Waals surface area contributed by atoms with Crippen molar-refractivity contribution in [2.24, 2.45) is 16.7 Å². The van der Waals surface area contributed by atoms with E-state index in [0.29, 0.717) is 0 Å². The van der Waals surface area contributed by atoms with Crippen LogP contribution in [0.1, 0.15) is 0 Å². The zero-order valence-corrected chi connectivity index (χ0v) is 11.8. The van der Waals surface area contributed by atoms with Crippen LogP contribution < -0.4 is 17.1 Å². The van der Waals surface area contributed by atoms with Crippen LogP contribution in [0.15, 0.2) is 5.10 Å². The molecule has 0 aromatic rings. The van der Waals surface area contributed by atoms with E-state index in [4.69, 9.17) is 20.8 Å². The molecule has 0 aromatic heterocycles. The Labute approximate surface area is 123 Å². The summed E-state index contributed by atoms with van der Waals surface area (Å²) in [6.45, 7) is -0.983. The number of aliphatic hydroxyl groups excluding tert-OH is 5. The maximum atomic E-state index is 11.3. The van der Waals surface area contributed by atoms with E-state index in [1.165, 1.54) is 0 Å². The van der Waals surface area contributed by atoms with Gasteiger partial charge in [0.05, 0.1) is 6.61 Å². The Balaban J connectivity index is 4.66. The molecule has 0 amide bonds. The smallest absolute Gasteiger partial charge is 0.394 e. The number of hydrogen-bond acceptors (Lipinski definition) is 11. The lowest BCUT2D eigenvalue weighted by atomic mass is 10.0. The van der Waals surface area contributed by atoms with Gasteiger partial charge in [0.25, 0.3) is 0 Å². The van der Waals surface area contributed by atoms with Crippen LogP contribution in [0.25, 0.3) is 0 Å². The Morgan fingerprint density at radius 2 is 1.82 bits per heavy atom. The van der Waals surface area contributed by atoms with Crippen LogP contribution in [0.5, 0.6) is 0 Å². The fraction of sp³-hybridized carbons (Fsp3) is 0.714. The Kier molecular flexibility index (Phi) is 8.21. The summed E-state index contributed by atoms with van der Waals surface area (Å²) in [6.07, 6.45) is -8.86. The number of rotatable bonds is 8. The predicted molar refractivity (Wildman–Crippen MR) is 67.1 cm³/mol. The maximum Gasteiger partial charge on any atom is 0.551 e. The highest BCUT2D eigenvalue weighted by atomic mass is 31.2. The molecule has 0 fully saturated rings. The van der Waals surface area contributed by atoms with Gasteiger partial charge in [-0.1, -0.05) is 0 Å². The Hall–Kier alpha value is -1.51. The fourth-order valence-corrected chi connectivity index (χ4v) is 1.56. The van der Waals surface area contributed by atoms with E-state index >= 15 is 0 Å². The minimum Gasteiger partial charge on any atom is -0.394 e. The summed E-state index contributed by atoms with van der Waals surface area (Å²) in [5.74, 6) is 2.15. The molecule has 0 bridgehead atoms. The van der Waals surface area contributed by atoms with E-state index in [0.717, 1.165) is 0 Å². The quantitative estimate of drug-likeness (QED) is 0.0654. The molecule has 1 unspecified atom stereocenters. The number of aliphatic hydroxyl groups is 5. The fourth-order valence-electron chi connectivity index (χ4n) is 0.979. The second kappa shape index (κ2) is 8.82. The lowest BCUT2D eigenvalue weighted by Gasteiger charge is -2.24. The first kappa shape index (κ1) is 20.5. The van der Waals surface area contributed by atoms with Crippen LogP contribution in [0.2, 0.25) is 0 Å². The summed E-state index contributed by atoms with van der Waals surface area (Å²) < 4.78 is 19.1. The molecule has 0 spiro atoms. The van der Waals surface area contributed by atoms with Gasteiger partial charge in [0, 0.05) is 0 Å². The summed E-state index contributed by atoms with van der Waals surface area (Å²) in [4.78, 5) is 20.4. The number of hydroxylamine groups is 1. The second-order valence-electron chi connectivity index (χ2n) is 3.76. The first-order valence-electron chi connectivity index (χ1n) is 5.43. The van der Waals surface area contributed by atoms with Gasteiger partial charge >= 0.3 is 13.8 Å². The van der Waals surface area contributed by atoms with Crippen LogP contribution in [0.4, 0.5) is 0 Å². The van der Waals surface area contributed by atoms with Crippen LogP contribution in [0, 0.1) is 0 Å². The molecular weight excluding hydrogens is 331 g/mol. The molecule has 0 aliphatic rings. The number of phosphoric ester groups is 1. The number of nitrogens with zero attached hydrogens (tertiary/aromatic N) is 1. The van der Waals surface area contributed by atoms with E-state index in [-0.39, 0.29) is 0 Å². The molecule has 0 radical (unpaired) electrons. The number of guanidine groups is 1. The van der Waals surface area contributed by atoms with Gasteiger partial charge in [-0.15, -0.1) is 5.10 Å². The minimum atomic E-state index is -5.11. The van der Waals surface area contributed by atoms with Gasteiger partial charge in [-0.05, 0) is 0 Å². The van der Waals surface area contributed by atoms with Gasteiger partial charge < -0.3 is 41.6 Å². The highest BCUT2D eigenvalue weighted by molar-refractivity contribution is 7.48. The van der Waals surface area contributed by atoms with Crippen molar-refractivity contribution in [3.05, 3.63) is 0 Å². The molecule has 22 heavy (non-hydrogen) atoms. The number of carbonyl (C=O) groups excluding carboxylic acids is 1.